The van der Waals surface area contributed by atoms with E-state index in [4.69, 9.17) is 16.0 Å². The van der Waals surface area contributed by atoms with Crippen LogP contribution >= 0.6 is 11.6 Å². The molecule has 0 atom stereocenters. The molecule has 0 saturated carbocycles. The van der Waals surface area contributed by atoms with Crippen LogP contribution in [0.1, 0.15) is 18.9 Å². The summed E-state index contributed by atoms with van der Waals surface area (Å²) in [6.07, 6.45) is 2.80. The second-order valence-electron chi connectivity index (χ2n) is 3.96. The average Bonchev–Trinajstić information content (AvgIpc) is 2.85. The Labute approximate surface area is 107 Å². The first kappa shape index (κ1) is 12.2. The zero-order valence-electron chi connectivity index (χ0n) is 9.87. The maximum atomic E-state index is 6.17. The average molecular weight is 250 g/mol. The van der Waals surface area contributed by atoms with E-state index in [9.17, 15) is 0 Å². The van der Waals surface area contributed by atoms with Crippen molar-refractivity contribution in [3.05, 3.63) is 47.2 Å². The van der Waals surface area contributed by atoms with Crippen LogP contribution in [0.5, 0.6) is 0 Å². The van der Waals surface area contributed by atoms with Crippen LogP contribution in [0.15, 0.2) is 41.0 Å². The lowest BCUT2D eigenvalue weighted by atomic mass is 10.1. The van der Waals surface area contributed by atoms with Crippen molar-refractivity contribution in [1.29, 1.82) is 0 Å². The molecule has 1 N–H and O–H groups in total. The Morgan fingerprint density at radius 1 is 1.29 bits per heavy atom. The molecule has 2 nitrogen and oxygen atoms in total. The van der Waals surface area contributed by atoms with Crippen molar-refractivity contribution < 1.29 is 4.42 Å². The molecule has 0 unspecified atom stereocenters. The molecule has 1 aromatic carbocycles. The van der Waals surface area contributed by atoms with Crippen molar-refractivity contribution in [2.24, 2.45) is 0 Å². The highest BCUT2D eigenvalue weighted by molar-refractivity contribution is 6.31. The molecule has 0 spiro atoms. The highest BCUT2D eigenvalue weighted by Crippen LogP contribution is 2.25. The summed E-state index contributed by atoms with van der Waals surface area (Å²) >= 11 is 6.17. The summed E-state index contributed by atoms with van der Waals surface area (Å²) in [5, 5.41) is 4.14. The predicted octanol–water partition coefficient (Wildman–Crippen LogP) is 4.10. The number of hydrogen-bond donors (Lipinski definition) is 1. The molecule has 90 valence electrons. The minimum atomic E-state index is 0.793. The zero-order valence-corrected chi connectivity index (χ0v) is 10.6. The molecule has 17 heavy (non-hydrogen) atoms. The molecule has 2 rings (SSSR count). The van der Waals surface area contributed by atoms with E-state index in [1.807, 2.05) is 24.3 Å². The monoisotopic (exact) mass is 249 g/mol. The van der Waals surface area contributed by atoms with Gasteiger partial charge in [-0.15, -0.1) is 0 Å². The quantitative estimate of drug-likeness (QED) is 0.807. The second kappa shape index (κ2) is 5.89. The lowest BCUT2D eigenvalue weighted by molar-refractivity contribution is 0.582. The van der Waals surface area contributed by atoms with Gasteiger partial charge in [0, 0.05) is 17.1 Å². The molecule has 3 heteroatoms. The molecule has 0 radical (unpaired) electrons. The van der Waals surface area contributed by atoms with Gasteiger partial charge in [-0.25, -0.2) is 0 Å². The summed E-state index contributed by atoms with van der Waals surface area (Å²) in [5.41, 5.74) is 2.17. The summed E-state index contributed by atoms with van der Waals surface area (Å²) in [7, 11) is 0. The first-order chi connectivity index (χ1) is 8.31. The predicted molar refractivity (Wildman–Crippen MR) is 71.2 cm³/mol. The van der Waals surface area contributed by atoms with Crippen LogP contribution in [0.25, 0.3) is 11.3 Å². The van der Waals surface area contributed by atoms with E-state index in [0.29, 0.717) is 0 Å². The van der Waals surface area contributed by atoms with Crippen LogP contribution in [0.4, 0.5) is 0 Å². The summed E-state index contributed by atoms with van der Waals surface area (Å²) in [6.45, 7) is 3.94. The van der Waals surface area contributed by atoms with Crippen LogP contribution in [0.3, 0.4) is 0 Å². The van der Waals surface area contributed by atoms with E-state index >= 15 is 0 Å². The molecule has 0 bridgehead atoms. The second-order valence-corrected chi connectivity index (χ2v) is 4.37. The highest BCUT2D eigenvalue weighted by atomic mass is 35.5. The fourth-order valence-electron chi connectivity index (χ4n) is 1.71. The fraction of sp³-hybridized carbons (Fsp3) is 0.286. The molecule has 1 aromatic heterocycles. The Kier molecular flexibility index (Phi) is 4.24. The first-order valence-electron chi connectivity index (χ1n) is 5.84. The normalized spacial score (nSPS) is 10.7. The van der Waals surface area contributed by atoms with Crippen LogP contribution in [0.2, 0.25) is 5.02 Å². The molecule has 0 aliphatic carbocycles. The molecular weight excluding hydrogens is 234 g/mol. The Balaban J connectivity index is 2.18. The van der Waals surface area contributed by atoms with Crippen molar-refractivity contribution in [3.63, 3.8) is 0 Å². The van der Waals surface area contributed by atoms with Crippen molar-refractivity contribution >= 4 is 11.6 Å². The topological polar surface area (TPSA) is 25.2 Å². The van der Waals surface area contributed by atoms with Crippen LogP contribution in [0, 0.1) is 0 Å². The van der Waals surface area contributed by atoms with Crippen LogP contribution in [-0.4, -0.2) is 6.54 Å². The Morgan fingerprint density at radius 2 is 2.18 bits per heavy atom. The van der Waals surface area contributed by atoms with Gasteiger partial charge in [-0.3, -0.25) is 0 Å². The van der Waals surface area contributed by atoms with Gasteiger partial charge >= 0.3 is 0 Å². The largest absolute Gasteiger partial charge is 0.464 e. The highest BCUT2D eigenvalue weighted by Gasteiger charge is 2.05. The number of halogens is 1. The minimum Gasteiger partial charge on any atom is -0.464 e. The maximum absolute atomic E-state index is 6.17. The number of nitrogens with one attached hydrogen (secondary N) is 1. The third kappa shape index (κ3) is 3.11. The van der Waals surface area contributed by atoms with E-state index < -0.39 is 0 Å². The smallest absolute Gasteiger partial charge is 0.133 e. The van der Waals surface area contributed by atoms with Gasteiger partial charge < -0.3 is 9.73 Å². The van der Waals surface area contributed by atoms with Gasteiger partial charge in [-0.2, -0.15) is 0 Å². The standard InChI is InChI=1S/C14H16ClNO/c1-2-7-16-10-12-9-11(5-6-13(12)15)14-4-3-8-17-14/h3-6,8-9,16H,2,7,10H2,1H3. The van der Waals surface area contributed by atoms with E-state index in [2.05, 4.69) is 18.3 Å². The lowest BCUT2D eigenvalue weighted by Gasteiger charge is -2.07. The van der Waals surface area contributed by atoms with Gasteiger partial charge in [0.1, 0.15) is 5.76 Å². The third-order valence-electron chi connectivity index (χ3n) is 2.59. The van der Waals surface area contributed by atoms with Crippen LogP contribution < -0.4 is 5.32 Å². The molecule has 0 aliphatic rings. The third-order valence-corrected chi connectivity index (χ3v) is 2.96. The number of benzene rings is 1. The van der Waals surface area contributed by atoms with Gasteiger partial charge in [-0.05, 0) is 48.9 Å². The minimum absolute atomic E-state index is 0.793. The SMILES string of the molecule is CCCNCc1cc(-c2ccco2)ccc1Cl. The molecule has 0 amide bonds. The summed E-state index contributed by atoms with van der Waals surface area (Å²) in [6, 6.07) is 9.81. The van der Waals surface area contributed by atoms with Crippen LogP contribution in [-0.2, 0) is 6.54 Å². The summed E-state index contributed by atoms with van der Waals surface area (Å²) in [5.74, 6) is 0.874. The molecule has 0 saturated heterocycles. The van der Waals surface area contributed by atoms with E-state index in [1.54, 1.807) is 6.26 Å². The van der Waals surface area contributed by atoms with E-state index in [0.717, 1.165) is 41.4 Å². The van der Waals surface area contributed by atoms with Gasteiger partial charge in [0.2, 0.25) is 0 Å². The Morgan fingerprint density at radius 3 is 2.88 bits per heavy atom. The summed E-state index contributed by atoms with van der Waals surface area (Å²) in [4.78, 5) is 0. The molecule has 1 heterocycles. The molecule has 0 aliphatic heterocycles. The molecular formula is C14H16ClNO. The van der Waals surface area contributed by atoms with Gasteiger partial charge in [0.25, 0.3) is 0 Å². The van der Waals surface area contributed by atoms with E-state index in [1.165, 1.54) is 0 Å². The number of furan rings is 1. The Hall–Kier alpha value is -1.25. The lowest BCUT2D eigenvalue weighted by Crippen LogP contribution is -2.14. The fourth-order valence-corrected chi connectivity index (χ4v) is 1.89. The van der Waals surface area contributed by atoms with Gasteiger partial charge in [-0.1, -0.05) is 18.5 Å². The van der Waals surface area contributed by atoms with Gasteiger partial charge in [0.05, 0.1) is 6.26 Å². The zero-order chi connectivity index (χ0) is 12.1. The molecule has 0 fully saturated rings. The molecule has 2 aromatic rings. The van der Waals surface area contributed by atoms with Crippen molar-refractivity contribution in [3.8, 4) is 11.3 Å². The number of hydrogen-bond acceptors (Lipinski definition) is 2. The maximum Gasteiger partial charge on any atom is 0.133 e. The first-order valence-corrected chi connectivity index (χ1v) is 6.22. The van der Waals surface area contributed by atoms with Crippen molar-refractivity contribution in [2.45, 2.75) is 19.9 Å². The van der Waals surface area contributed by atoms with Gasteiger partial charge in [0.15, 0.2) is 0 Å². The number of rotatable bonds is 5. The van der Waals surface area contributed by atoms with Crippen molar-refractivity contribution in [1.82, 2.24) is 5.32 Å². The van der Waals surface area contributed by atoms with E-state index in [-0.39, 0.29) is 0 Å². The summed E-state index contributed by atoms with van der Waals surface area (Å²) < 4.78 is 5.38. The van der Waals surface area contributed by atoms with Crippen molar-refractivity contribution in [2.75, 3.05) is 6.54 Å². The Bertz CT molecular complexity index is 465.